The molecule has 1 atom stereocenters. The SMILES string of the molecule is Fc1cccc(Cl)c1CC1=CC(Cl)CCCC1. The Kier molecular flexibility index (Phi) is 4.47. The molecule has 1 aromatic rings. The number of benzene rings is 1. The average molecular weight is 273 g/mol. The summed E-state index contributed by atoms with van der Waals surface area (Å²) in [7, 11) is 0. The lowest BCUT2D eigenvalue weighted by molar-refractivity contribution is 0.611. The number of hydrogen-bond acceptors (Lipinski definition) is 0. The average Bonchev–Trinajstić information content (AvgIpc) is 2.48. The number of hydrogen-bond donors (Lipinski definition) is 0. The molecule has 0 heterocycles. The zero-order valence-corrected chi connectivity index (χ0v) is 11.1. The summed E-state index contributed by atoms with van der Waals surface area (Å²) in [5.74, 6) is -0.228. The van der Waals surface area contributed by atoms with Crippen LogP contribution in [0.25, 0.3) is 0 Å². The molecule has 0 saturated heterocycles. The summed E-state index contributed by atoms with van der Waals surface area (Å²) < 4.78 is 13.7. The van der Waals surface area contributed by atoms with Crippen molar-refractivity contribution in [3.8, 4) is 0 Å². The van der Waals surface area contributed by atoms with Crippen LogP contribution >= 0.6 is 23.2 Å². The minimum atomic E-state index is -0.228. The first-order chi connectivity index (χ1) is 8.16. The van der Waals surface area contributed by atoms with Crippen LogP contribution in [0.5, 0.6) is 0 Å². The van der Waals surface area contributed by atoms with E-state index in [0.29, 0.717) is 17.0 Å². The molecular weight excluding hydrogens is 258 g/mol. The molecular formula is C14H15Cl2F. The molecule has 1 aliphatic carbocycles. The van der Waals surface area contributed by atoms with Gasteiger partial charge in [-0.2, -0.15) is 0 Å². The normalized spacial score (nSPS) is 20.9. The van der Waals surface area contributed by atoms with Gasteiger partial charge < -0.3 is 0 Å². The van der Waals surface area contributed by atoms with E-state index in [-0.39, 0.29) is 11.2 Å². The van der Waals surface area contributed by atoms with Crippen LogP contribution in [-0.2, 0) is 6.42 Å². The van der Waals surface area contributed by atoms with Gasteiger partial charge in [0.15, 0.2) is 0 Å². The fourth-order valence-electron chi connectivity index (χ4n) is 2.19. The maximum Gasteiger partial charge on any atom is 0.128 e. The quantitative estimate of drug-likeness (QED) is 0.517. The molecule has 0 aromatic heterocycles. The Morgan fingerprint density at radius 2 is 2.12 bits per heavy atom. The predicted molar refractivity (Wildman–Crippen MR) is 71.3 cm³/mol. The van der Waals surface area contributed by atoms with E-state index in [4.69, 9.17) is 23.2 Å². The molecule has 0 N–H and O–H groups in total. The van der Waals surface area contributed by atoms with Crippen LogP contribution in [0.4, 0.5) is 4.39 Å². The van der Waals surface area contributed by atoms with E-state index >= 15 is 0 Å². The molecule has 92 valence electrons. The largest absolute Gasteiger partial charge is 0.207 e. The minimum Gasteiger partial charge on any atom is -0.207 e. The Bertz CT molecular complexity index is 406. The van der Waals surface area contributed by atoms with Crippen LogP contribution in [-0.4, -0.2) is 5.38 Å². The maximum atomic E-state index is 13.7. The van der Waals surface area contributed by atoms with Crippen molar-refractivity contribution >= 4 is 23.2 Å². The summed E-state index contributed by atoms with van der Waals surface area (Å²) in [6, 6.07) is 4.82. The molecule has 0 radical (unpaired) electrons. The predicted octanol–water partition coefficient (Wildman–Crippen LogP) is 5.13. The van der Waals surface area contributed by atoms with E-state index < -0.39 is 0 Å². The monoisotopic (exact) mass is 272 g/mol. The number of rotatable bonds is 2. The molecule has 0 amide bonds. The highest BCUT2D eigenvalue weighted by Crippen LogP contribution is 2.27. The van der Waals surface area contributed by atoms with Crippen LogP contribution < -0.4 is 0 Å². The Morgan fingerprint density at radius 1 is 1.29 bits per heavy atom. The highest BCUT2D eigenvalue weighted by atomic mass is 35.5. The van der Waals surface area contributed by atoms with Gasteiger partial charge in [-0.3, -0.25) is 0 Å². The van der Waals surface area contributed by atoms with E-state index in [1.54, 1.807) is 12.1 Å². The van der Waals surface area contributed by atoms with Crippen molar-refractivity contribution in [2.24, 2.45) is 0 Å². The molecule has 1 unspecified atom stereocenters. The maximum absolute atomic E-state index is 13.7. The summed E-state index contributed by atoms with van der Waals surface area (Å²) in [6.45, 7) is 0. The van der Waals surface area contributed by atoms with Gasteiger partial charge >= 0.3 is 0 Å². The highest BCUT2D eigenvalue weighted by Gasteiger charge is 2.13. The zero-order valence-electron chi connectivity index (χ0n) is 9.56. The van der Waals surface area contributed by atoms with Crippen molar-refractivity contribution in [1.82, 2.24) is 0 Å². The summed E-state index contributed by atoms with van der Waals surface area (Å²) >= 11 is 12.2. The molecule has 1 aromatic carbocycles. The molecule has 0 spiro atoms. The van der Waals surface area contributed by atoms with Gasteiger partial charge in [0.25, 0.3) is 0 Å². The van der Waals surface area contributed by atoms with Crippen molar-refractivity contribution in [3.05, 3.63) is 46.3 Å². The van der Waals surface area contributed by atoms with Gasteiger partial charge in [-0.05, 0) is 37.8 Å². The second-order valence-electron chi connectivity index (χ2n) is 4.46. The summed E-state index contributed by atoms with van der Waals surface area (Å²) in [5.41, 5.74) is 1.79. The second kappa shape index (κ2) is 5.88. The molecule has 17 heavy (non-hydrogen) atoms. The molecule has 0 aliphatic heterocycles. The van der Waals surface area contributed by atoms with E-state index in [0.717, 1.165) is 25.7 Å². The summed E-state index contributed by atoms with van der Waals surface area (Å²) in [5, 5.41) is 0.583. The Morgan fingerprint density at radius 3 is 2.88 bits per heavy atom. The first-order valence-corrected chi connectivity index (χ1v) is 6.75. The van der Waals surface area contributed by atoms with Gasteiger partial charge in [-0.1, -0.05) is 35.7 Å². The van der Waals surface area contributed by atoms with Gasteiger partial charge in [0.1, 0.15) is 5.82 Å². The molecule has 2 rings (SSSR count). The molecule has 0 fully saturated rings. The van der Waals surface area contributed by atoms with Gasteiger partial charge in [-0.15, -0.1) is 11.6 Å². The Labute approximate surface area is 111 Å². The third kappa shape index (κ3) is 3.46. The van der Waals surface area contributed by atoms with Gasteiger partial charge in [0.2, 0.25) is 0 Å². The van der Waals surface area contributed by atoms with E-state index in [2.05, 4.69) is 6.08 Å². The van der Waals surface area contributed by atoms with E-state index in [9.17, 15) is 4.39 Å². The molecule has 3 heteroatoms. The third-order valence-electron chi connectivity index (χ3n) is 3.11. The summed E-state index contributed by atoms with van der Waals surface area (Å²) in [4.78, 5) is 0. The standard InChI is InChI=1S/C14H15Cl2F/c15-11-5-2-1-4-10(8-11)9-12-13(16)6-3-7-14(12)17/h3,6-8,11H,1-2,4-5,9H2. The first kappa shape index (κ1) is 12.9. The van der Waals surface area contributed by atoms with Crippen LogP contribution in [0.3, 0.4) is 0 Å². The lowest BCUT2D eigenvalue weighted by atomic mass is 10.0. The molecule has 0 nitrogen and oxygen atoms in total. The van der Waals surface area contributed by atoms with Crippen molar-refractivity contribution in [2.75, 3.05) is 0 Å². The number of alkyl halides is 1. The van der Waals surface area contributed by atoms with Crippen LogP contribution in [0.1, 0.15) is 31.2 Å². The number of halogens is 3. The van der Waals surface area contributed by atoms with Gasteiger partial charge in [0.05, 0.1) is 5.38 Å². The molecule has 0 bridgehead atoms. The van der Waals surface area contributed by atoms with Crippen molar-refractivity contribution in [2.45, 2.75) is 37.5 Å². The van der Waals surface area contributed by atoms with Crippen molar-refractivity contribution in [1.29, 1.82) is 0 Å². The fourth-order valence-corrected chi connectivity index (χ4v) is 2.75. The first-order valence-electron chi connectivity index (χ1n) is 5.93. The lowest BCUT2D eigenvalue weighted by Crippen LogP contribution is -1.97. The highest BCUT2D eigenvalue weighted by molar-refractivity contribution is 6.31. The second-order valence-corrected chi connectivity index (χ2v) is 5.43. The minimum absolute atomic E-state index is 0.0815. The summed E-state index contributed by atoms with van der Waals surface area (Å²) in [6.07, 6.45) is 6.91. The van der Waals surface area contributed by atoms with Crippen LogP contribution in [0.2, 0.25) is 5.02 Å². The lowest BCUT2D eigenvalue weighted by Gasteiger charge is -2.09. The van der Waals surface area contributed by atoms with Gasteiger partial charge in [0, 0.05) is 10.6 Å². The zero-order chi connectivity index (χ0) is 12.3. The van der Waals surface area contributed by atoms with Crippen LogP contribution in [0.15, 0.2) is 29.8 Å². The third-order valence-corrected chi connectivity index (χ3v) is 3.81. The van der Waals surface area contributed by atoms with E-state index in [1.807, 2.05) is 0 Å². The van der Waals surface area contributed by atoms with Crippen LogP contribution in [0, 0.1) is 5.82 Å². The molecule has 1 aliphatic rings. The smallest absolute Gasteiger partial charge is 0.128 e. The van der Waals surface area contributed by atoms with E-state index in [1.165, 1.54) is 11.6 Å². The van der Waals surface area contributed by atoms with Crippen molar-refractivity contribution in [3.63, 3.8) is 0 Å². The van der Waals surface area contributed by atoms with Gasteiger partial charge in [-0.25, -0.2) is 4.39 Å². The fraction of sp³-hybridized carbons (Fsp3) is 0.429. The molecule has 0 saturated carbocycles. The van der Waals surface area contributed by atoms with Crippen molar-refractivity contribution < 1.29 is 4.39 Å². The Hall–Kier alpha value is -0.530. The Balaban J connectivity index is 2.19. The topological polar surface area (TPSA) is 0 Å². The number of allylic oxidation sites excluding steroid dienone is 2.